The molecule has 0 fully saturated rings. The van der Waals surface area contributed by atoms with Crippen molar-refractivity contribution in [3.05, 3.63) is 70.4 Å². The highest BCUT2D eigenvalue weighted by Crippen LogP contribution is 2.38. The number of nitrogens with zero attached hydrogens (tertiary/aromatic N) is 4. The quantitative estimate of drug-likeness (QED) is 0.203. The smallest absolute Gasteiger partial charge is 0.396 e. The molecule has 1 heterocycles. The van der Waals surface area contributed by atoms with Gasteiger partial charge in [-0.1, -0.05) is 17.4 Å². The van der Waals surface area contributed by atoms with Gasteiger partial charge in [0.25, 0.3) is 5.91 Å². The maximum atomic E-state index is 13.9. The molecule has 6 N–H and O–H groups in total. The summed E-state index contributed by atoms with van der Waals surface area (Å²) < 4.78 is 41.7. The number of nitrogens with two attached hydrogens (primary N) is 2. The van der Waals surface area contributed by atoms with Crippen LogP contribution in [0.1, 0.15) is 33.3 Å². The standard InChI is InChI=1S/C27H33F3N8O2S/c1-16-6-7-18(12-23(16)38(32)15-21(31)24-14-33-26(41-24)34-17(2)39)25(40)35-19-8-9-22(20(13-19)27(28,29)30)37(5)11-10-36(3)4/h6-9,12-15H,10-11,31-32H2,1-5H3,(H,35,40)(H,33,34,39)/b21-15-. The molecule has 3 rings (SSSR count). The Morgan fingerprint density at radius 2 is 1.76 bits per heavy atom. The zero-order valence-electron chi connectivity index (χ0n) is 23.3. The van der Waals surface area contributed by atoms with Gasteiger partial charge in [-0.25, -0.2) is 10.8 Å². The zero-order chi connectivity index (χ0) is 30.5. The summed E-state index contributed by atoms with van der Waals surface area (Å²) in [5.74, 6) is 5.35. The number of rotatable bonds is 10. The predicted octanol–water partition coefficient (Wildman–Crippen LogP) is 4.32. The molecule has 0 bridgehead atoms. The first-order valence-electron chi connectivity index (χ1n) is 12.4. The summed E-state index contributed by atoms with van der Waals surface area (Å²) >= 11 is 1.16. The van der Waals surface area contributed by atoms with Crippen LogP contribution in [-0.2, 0) is 11.0 Å². The van der Waals surface area contributed by atoms with Gasteiger partial charge in [-0.05, 0) is 56.9 Å². The molecule has 220 valence electrons. The monoisotopic (exact) mass is 590 g/mol. The van der Waals surface area contributed by atoms with E-state index in [0.29, 0.717) is 28.8 Å². The Morgan fingerprint density at radius 1 is 1.05 bits per heavy atom. The fourth-order valence-electron chi connectivity index (χ4n) is 3.78. The molecule has 0 spiro atoms. The number of benzene rings is 2. The Hall–Kier alpha value is -4.14. The summed E-state index contributed by atoms with van der Waals surface area (Å²) in [6.45, 7) is 4.11. The van der Waals surface area contributed by atoms with Crippen LogP contribution in [-0.4, -0.2) is 55.9 Å². The van der Waals surface area contributed by atoms with E-state index in [1.54, 1.807) is 26.1 Å². The average Bonchev–Trinajstić information content (AvgIpc) is 3.34. The number of hydrazine groups is 1. The highest BCUT2D eigenvalue weighted by atomic mass is 32.1. The summed E-state index contributed by atoms with van der Waals surface area (Å²) in [6.07, 6.45) is -1.68. The van der Waals surface area contributed by atoms with Crippen LogP contribution in [0.3, 0.4) is 0 Å². The molecule has 1 aromatic heterocycles. The van der Waals surface area contributed by atoms with Crippen LogP contribution in [0, 0.1) is 6.92 Å². The Morgan fingerprint density at radius 3 is 2.39 bits per heavy atom. The Bertz CT molecular complexity index is 1440. The lowest BCUT2D eigenvalue weighted by Gasteiger charge is -2.25. The number of hydrogen-bond acceptors (Lipinski definition) is 9. The third-order valence-corrected chi connectivity index (χ3v) is 6.92. The molecule has 41 heavy (non-hydrogen) atoms. The van der Waals surface area contributed by atoms with Crippen molar-refractivity contribution in [2.75, 3.05) is 54.8 Å². The van der Waals surface area contributed by atoms with Crippen LogP contribution in [0.5, 0.6) is 0 Å². The summed E-state index contributed by atoms with van der Waals surface area (Å²) in [7, 11) is 5.28. The molecule has 2 aromatic carbocycles. The van der Waals surface area contributed by atoms with Gasteiger partial charge >= 0.3 is 6.18 Å². The Kier molecular flexibility index (Phi) is 9.97. The molecular weight excluding hydrogens is 557 g/mol. The van der Waals surface area contributed by atoms with Crippen molar-refractivity contribution in [3.8, 4) is 0 Å². The van der Waals surface area contributed by atoms with Gasteiger partial charge < -0.3 is 26.2 Å². The first kappa shape index (κ1) is 31.4. The van der Waals surface area contributed by atoms with Crippen molar-refractivity contribution in [1.29, 1.82) is 0 Å². The van der Waals surface area contributed by atoms with Gasteiger partial charge in [-0.2, -0.15) is 13.2 Å². The summed E-state index contributed by atoms with van der Waals surface area (Å²) in [6, 6.07) is 8.44. The van der Waals surface area contributed by atoms with Crippen molar-refractivity contribution in [2.45, 2.75) is 20.0 Å². The molecule has 0 radical (unpaired) electrons. The number of anilines is 4. The fourth-order valence-corrected chi connectivity index (χ4v) is 4.56. The number of alkyl halides is 3. The molecule has 0 unspecified atom stereocenters. The van der Waals surface area contributed by atoms with Crippen molar-refractivity contribution in [3.63, 3.8) is 0 Å². The first-order chi connectivity index (χ1) is 19.1. The Balaban J connectivity index is 1.82. The minimum absolute atomic E-state index is 0.00289. The van der Waals surface area contributed by atoms with E-state index in [9.17, 15) is 22.8 Å². The number of amides is 2. The van der Waals surface area contributed by atoms with E-state index in [2.05, 4.69) is 15.6 Å². The second-order valence-corrected chi connectivity index (χ2v) is 10.6. The number of carbonyl (C=O) groups is 2. The van der Waals surface area contributed by atoms with Gasteiger partial charge in [0.05, 0.1) is 21.8 Å². The number of halogens is 3. The Labute approximate surface area is 240 Å². The van der Waals surface area contributed by atoms with Crippen LogP contribution in [0.2, 0.25) is 0 Å². The van der Waals surface area contributed by atoms with Gasteiger partial charge in [-0.3, -0.25) is 14.6 Å². The first-order valence-corrected chi connectivity index (χ1v) is 13.2. The van der Waals surface area contributed by atoms with E-state index in [1.165, 1.54) is 47.4 Å². The average molecular weight is 591 g/mol. The van der Waals surface area contributed by atoms with Gasteiger partial charge in [0.15, 0.2) is 5.13 Å². The van der Waals surface area contributed by atoms with E-state index in [-0.39, 0.29) is 28.5 Å². The van der Waals surface area contributed by atoms with Gasteiger partial charge in [0.2, 0.25) is 5.91 Å². The number of aryl methyl sites for hydroxylation is 1. The van der Waals surface area contributed by atoms with Crippen LogP contribution >= 0.6 is 11.3 Å². The van der Waals surface area contributed by atoms with E-state index in [4.69, 9.17) is 11.6 Å². The molecule has 0 atom stereocenters. The molecule has 0 saturated heterocycles. The second kappa shape index (κ2) is 13.0. The fraction of sp³-hybridized carbons (Fsp3) is 0.296. The van der Waals surface area contributed by atoms with Crippen molar-refractivity contribution >= 4 is 51.0 Å². The maximum absolute atomic E-state index is 13.9. The van der Waals surface area contributed by atoms with Crippen LogP contribution in [0.15, 0.2) is 48.8 Å². The molecule has 0 saturated carbocycles. The SMILES string of the molecule is CC(=O)Nc1ncc(/C(N)=C/N(N)c2cc(C(=O)Nc3ccc(N(C)CCN(C)C)c(C(F)(F)F)c3)ccc2C)s1. The minimum atomic E-state index is -4.62. The van der Waals surface area contributed by atoms with Crippen molar-refractivity contribution in [1.82, 2.24) is 9.88 Å². The van der Waals surface area contributed by atoms with Crippen LogP contribution < -0.4 is 32.1 Å². The topological polar surface area (TPSA) is 133 Å². The van der Waals surface area contributed by atoms with Crippen LogP contribution in [0.4, 0.5) is 35.4 Å². The molecular formula is C27H33F3N8O2S. The maximum Gasteiger partial charge on any atom is 0.418 e. The van der Waals surface area contributed by atoms with E-state index in [0.717, 1.165) is 23.0 Å². The summed E-state index contributed by atoms with van der Waals surface area (Å²) in [4.78, 5) is 32.3. The molecule has 0 aliphatic heterocycles. The van der Waals surface area contributed by atoms with E-state index in [1.807, 2.05) is 19.0 Å². The third-order valence-electron chi connectivity index (χ3n) is 5.95. The number of likely N-dealkylation sites (N-methyl/N-ethyl adjacent to an activating group) is 2. The van der Waals surface area contributed by atoms with Crippen molar-refractivity contribution in [2.24, 2.45) is 11.6 Å². The molecule has 0 aliphatic rings. The number of carbonyl (C=O) groups excluding carboxylic acids is 2. The van der Waals surface area contributed by atoms with Crippen molar-refractivity contribution < 1.29 is 22.8 Å². The number of hydrogen-bond donors (Lipinski definition) is 4. The number of aromatic nitrogens is 1. The number of thiazole rings is 1. The predicted molar refractivity (Wildman–Crippen MR) is 158 cm³/mol. The lowest BCUT2D eigenvalue weighted by molar-refractivity contribution is -0.137. The lowest BCUT2D eigenvalue weighted by Crippen LogP contribution is -2.30. The second-order valence-electron chi connectivity index (χ2n) is 9.61. The number of nitrogens with one attached hydrogen (secondary N) is 2. The van der Waals surface area contributed by atoms with Gasteiger partial charge in [0, 0.05) is 56.4 Å². The molecule has 2 amide bonds. The summed E-state index contributed by atoms with van der Waals surface area (Å²) in [5, 5.41) is 6.74. The summed E-state index contributed by atoms with van der Waals surface area (Å²) in [5.41, 5.74) is 6.95. The zero-order valence-corrected chi connectivity index (χ0v) is 24.2. The molecule has 10 nitrogen and oxygen atoms in total. The highest BCUT2D eigenvalue weighted by molar-refractivity contribution is 7.16. The van der Waals surface area contributed by atoms with Gasteiger partial charge in [-0.15, -0.1) is 0 Å². The van der Waals surface area contributed by atoms with Gasteiger partial charge in [0.1, 0.15) is 0 Å². The van der Waals surface area contributed by atoms with Crippen LogP contribution in [0.25, 0.3) is 5.70 Å². The third kappa shape index (κ3) is 8.42. The normalized spacial score (nSPS) is 11.9. The van der Waals surface area contributed by atoms with E-state index < -0.39 is 17.6 Å². The molecule has 14 heteroatoms. The molecule has 3 aromatic rings. The van der Waals surface area contributed by atoms with E-state index >= 15 is 0 Å². The highest BCUT2D eigenvalue weighted by Gasteiger charge is 2.35. The lowest BCUT2D eigenvalue weighted by atomic mass is 10.1. The molecule has 0 aliphatic carbocycles. The largest absolute Gasteiger partial charge is 0.418 e. The minimum Gasteiger partial charge on any atom is -0.396 e.